The maximum atomic E-state index is 12.8. The van der Waals surface area contributed by atoms with Gasteiger partial charge in [-0.3, -0.25) is 14.2 Å². The van der Waals surface area contributed by atoms with Gasteiger partial charge >= 0.3 is 11.9 Å². The molecule has 0 aromatic carbocycles. The third-order valence-electron chi connectivity index (χ3n) is 12.7. The van der Waals surface area contributed by atoms with E-state index in [1.165, 1.54) is 25.7 Å². The van der Waals surface area contributed by atoms with E-state index in [1.54, 1.807) is 0 Å². The highest BCUT2D eigenvalue weighted by atomic mass is 31.2. The Labute approximate surface area is 502 Å². The second kappa shape index (κ2) is 60.9. The lowest BCUT2D eigenvalue weighted by Crippen LogP contribution is -2.37. The summed E-state index contributed by atoms with van der Waals surface area (Å²) in [5.41, 5.74) is 0. The van der Waals surface area contributed by atoms with Crippen molar-refractivity contribution in [2.45, 2.75) is 225 Å². The summed E-state index contributed by atoms with van der Waals surface area (Å²) < 4.78 is 34.2. The number of allylic oxidation sites excluding steroid dienone is 28. The molecule has 2 atom stereocenters. The number of carbonyl (C=O) groups excluding carboxylic acids is 2. The number of esters is 2. The second-order valence-electron chi connectivity index (χ2n) is 21.7. The van der Waals surface area contributed by atoms with Crippen molar-refractivity contribution in [3.63, 3.8) is 0 Å². The van der Waals surface area contributed by atoms with Crippen LogP contribution < -0.4 is 4.89 Å². The number of phosphoric ester groups is 1. The monoisotopic (exact) mass is 1150 g/mol. The van der Waals surface area contributed by atoms with E-state index in [-0.39, 0.29) is 26.1 Å². The Morgan fingerprint density at radius 2 is 0.659 bits per heavy atom. The number of nitrogens with zero attached hydrogens (tertiary/aromatic N) is 1. The third kappa shape index (κ3) is 64.5. The number of phosphoric acid groups is 1. The van der Waals surface area contributed by atoms with Crippen molar-refractivity contribution in [1.82, 2.24) is 0 Å². The van der Waals surface area contributed by atoms with Gasteiger partial charge < -0.3 is 27.9 Å². The smallest absolute Gasteiger partial charge is 0.306 e. The van der Waals surface area contributed by atoms with Crippen molar-refractivity contribution in [2.75, 3.05) is 47.5 Å². The van der Waals surface area contributed by atoms with Crippen LogP contribution in [0.3, 0.4) is 0 Å². The first-order valence-corrected chi connectivity index (χ1v) is 33.3. The molecule has 0 fully saturated rings. The van der Waals surface area contributed by atoms with Crippen LogP contribution in [0.5, 0.6) is 0 Å². The molecule has 0 heterocycles. The van der Waals surface area contributed by atoms with Gasteiger partial charge in [0.05, 0.1) is 27.7 Å². The Kier molecular flexibility index (Phi) is 57.5. The zero-order chi connectivity index (χ0) is 59.8. The van der Waals surface area contributed by atoms with Crippen molar-refractivity contribution in [1.29, 1.82) is 0 Å². The molecule has 10 heteroatoms. The highest BCUT2D eigenvalue weighted by Crippen LogP contribution is 2.38. The SMILES string of the molecule is CC/C=C\C/C=C\C/C=C\C/C=C\C/C=C\C/C=C\C/C=C\C/C=C\C/C=C\C/C=C\CCCCCCCCC(=O)OC(COC(=O)CCCCCCCCCC/C=C\C/C=C\C/C=C\C/C=C\CC)COP(=O)([O-])OCC[N+](C)(C)C. The van der Waals surface area contributed by atoms with Gasteiger partial charge in [0.15, 0.2) is 6.10 Å². The molecule has 462 valence electrons. The predicted molar refractivity (Wildman–Crippen MR) is 350 cm³/mol. The van der Waals surface area contributed by atoms with Gasteiger partial charge in [-0.05, 0) is 128 Å². The highest BCUT2D eigenvalue weighted by Gasteiger charge is 2.22. The molecule has 0 saturated carbocycles. The molecule has 0 aromatic heterocycles. The Hall–Kier alpha value is -4.63. The van der Waals surface area contributed by atoms with Crippen LogP contribution in [0.2, 0.25) is 0 Å². The van der Waals surface area contributed by atoms with E-state index in [1.807, 2.05) is 21.1 Å². The van der Waals surface area contributed by atoms with Gasteiger partial charge in [-0.1, -0.05) is 248 Å². The lowest BCUT2D eigenvalue weighted by atomic mass is 10.1. The van der Waals surface area contributed by atoms with E-state index in [2.05, 4.69) is 184 Å². The summed E-state index contributed by atoms with van der Waals surface area (Å²) in [6.07, 6.45) is 92.6. The normalized spacial score (nSPS) is 14.4. The Morgan fingerprint density at radius 3 is 0.976 bits per heavy atom. The minimum Gasteiger partial charge on any atom is -0.756 e. The van der Waals surface area contributed by atoms with E-state index in [4.69, 9.17) is 18.5 Å². The van der Waals surface area contributed by atoms with Crippen LogP contribution in [0.1, 0.15) is 219 Å². The number of ether oxygens (including phenoxy) is 2. The molecular weight excluding hydrogens is 1040 g/mol. The number of rotatable bonds is 56. The molecule has 2 unspecified atom stereocenters. The number of carbonyl (C=O) groups is 2. The van der Waals surface area contributed by atoms with Crippen LogP contribution in [0.25, 0.3) is 0 Å². The molecule has 0 rings (SSSR count). The molecule has 0 spiro atoms. The van der Waals surface area contributed by atoms with Gasteiger partial charge in [-0.2, -0.15) is 0 Å². The van der Waals surface area contributed by atoms with Gasteiger partial charge in [-0.15, -0.1) is 0 Å². The quantitative estimate of drug-likeness (QED) is 0.0195. The van der Waals surface area contributed by atoms with Crippen molar-refractivity contribution < 1.29 is 42.1 Å². The lowest BCUT2D eigenvalue weighted by molar-refractivity contribution is -0.870. The molecule has 0 aliphatic rings. The summed E-state index contributed by atoms with van der Waals surface area (Å²) in [6.45, 7) is 3.96. The summed E-state index contributed by atoms with van der Waals surface area (Å²) in [5, 5.41) is 0. The molecule has 0 aromatic rings. The van der Waals surface area contributed by atoms with E-state index in [0.29, 0.717) is 23.9 Å². The molecule has 0 N–H and O–H groups in total. The lowest BCUT2D eigenvalue weighted by Gasteiger charge is -2.28. The van der Waals surface area contributed by atoms with Crippen LogP contribution in [-0.2, 0) is 32.7 Å². The third-order valence-corrected chi connectivity index (χ3v) is 13.7. The molecule has 0 saturated heterocycles. The van der Waals surface area contributed by atoms with Crippen molar-refractivity contribution in [3.05, 3.63) is 170 Å². The number of quaternary nitrogens is 1. The molecule has 0 bridgehead atoms. The van der Waals surface area contributed by atoms with E-state index in [9.17, 15) is 19.0 Å². The van der Waals surface area contributed by atoms with Gasteiger partial charge in [-0.25, -0.2) is 0 Å². The van der Waals surface area contributed by atoms with Crippen molar-refractivity contribution in [3.8, 4) is 0 Å². The number of hydrogen-bond donors (Lipinski definition) is 0. The predicted octanol–water partition coefficient (Wildman–Crippen LogP) is 20.0. The molecule has 0 aliphatic heterocycles. The second-order valence-corrected chi connectivity index (χ2v) is 23.1. The van der Waals surface area contributed by atoms with E-state index in [0.717, 1.165) is 154 Å². The highest BCUT2D eigenvalue weighted by molar-refractivity contribution is 7.45. The average molecular weight is 1150 g/mol. The summed E-state index contributed by atoms with van der Waals surface area (Å²) in [5.74, 6) is -0.873. The molecule has 82 heavy (non-hydrogen) atoms. The maximum absolute atomic E-state index is 12.8. The Bertz CT molecular complexity index is 1990. The van der Waals surface area contributed by atoms with E-state index < -0.39 is 32.5 Å². The standard InChI is InChI=1S/C72H116NO8P/c1-6-8-10-12-14-16-18-20-22-24-26-28-29-30-31-32-33-34-35-36-37-38-39-40-41-42-43-45-47-49-51-53-55-57-59-61-63-65-72(75)81-70(69-80-82(76,77)79-67-66-73(3,4)5)68-78-71(74)64-62-60-58-56-54-52-50-48-46-44-27-25-23-21-19-17-15-13-11-9-7-2/h8-11,14-17,20-23,26-28,30-31,33-34,36-37,39-40,42-44,47,49,70H,6-7,12-13,18-19,24-25,29,32,35,38,41,45-46,48,50-69H2,1-5H3/b10-8-,11-9-,16-14-,17-15-,22-20-,23-21-,28-26-,31-30-,34-33-,37-36-,40-39-,43-42-,44-27-,49-47-. The first-order valence-electron chi connectivity index (χ1n) is 31.8. The first-order chi connectivity index (χ1) is 40.0. The van der Waals surface area contributed by atoms with Crippen molar-refractivity contribution in [2.24, 2.45) is 0 Å². The fourth-order valence-electron chi connectivity index (χ4n) is 7.91. The summed E-state index contributed by atoms with van der Waals surface area (Å²) in [7, 11) is 1.12. The Balaban J connectivity index is 4.21. The summed E-state index contributed by atoms with van der Waals surface area (Å²) in [6, 6.07) is 0. The van der Waals surface area contributed by atoms with Gasteiger partial charge in [0, 0.05) is 12.8 Å². The van der Waals surface area contributed by atoms with E-state index >= 15 is 0 Å². The molecule has 0 radical (unpaired) electrons. The maximum Gasteiger partial charge on any atom is 0.306 e. The Morgan fingerprint density at radius 1 is 0.378 bits per heavy atom. The van der Waals surface area contributed by atoms with Gasteiger partial charge in [0.25, 0.3) is 7.82 Å². The number of likely N-dealkylation sites (N-methyl/N-ethyl adjacent to an activating group) is 1. The van der Waals surface area contributed by atoms with Gasteiger partial charge in [0.2, 0.25) is 0 Å². The number of unbranched alkanes of at least 4 members (excludes halogenated alkanes) is 14. The summed E-state index contributed by atoms with van der Waals surface area (Å²) in [4.78, 5) is 38.0. The van der Waals surface area contributed by atoms with Crippen LogP contribution in [0, 0.1) is 0 Å². The van der Waals surface area contributed by atoms with Crippen LogP contribution in [0.4, 0.5) is 0 Å². The van der Waals surface area contributed by atoms with Crippen LogP contribution in [0.15, 0.2) is 170 Å². The molecule has 0 aliphatic carbocycles. The average Bonchev–Trinajstić information content (AvgIpc) is 3.46. The topological polar surface area (TPSA) is 111 Å². The zero-order valence-corrected chi connectivity index (χ0v) is 53.3. The zero-order valence-electron chi connectivity index (χ0n) is 52.4. The first kappa shape index (κ1) is 77.4. The largest absolute Gasteiger partial charge is 0.756 e. The minimum atomic E-state index is -4.66. The van der Waals surface area contributed by atoms with Gasteiger partial charge in [0.1, 0.15) is 19.8 Å². The molecule has 0 amide bonds. The van der Waals surface area contributed by atoms with Crippen LogP contribution in [-0.4, -0.2) is 70.0 Å². The fourth-order valence-corrected chi connectivity index (χ4v) is 8.64. The molecular formula is C72H116NO8P. The fraction of sp³-hybridized carbons (Fsp3) is 0.583. The number of hydrogen-bond acceptors (Lipinski definition) is 8. The minimum absolute atomic E-state index is 0.0451. The van der Waals surface area contributed by atoms with Crippen LogP contribution >= 0.6 is 7.82 Å². The molecule has 9 nitrogen and oxygen atoms in total. The summed E-state index contributed by atoms with van der Waals surface area (Å²) >= 11 is 0. The van der Waals surface area contributed by atoms with Crippen molar-refractivity contribution >= 4 is 19.8 Å².